The van der Waals surface area contributed by atoms with Crippen LogP contribution >= 0.6 is 0 Å². The Balaban J connectivity index is 0.000000236. The second kappa shape index (κ2) is 14.9. The van der Waals surface area contributed by atoms with Gasteiger partial charge in [0.2, 0.25) is 11.8 Å². The molecule has 0 aromatic heterocycles. The number of benzene rings is 2. The fourth-order valence-electron chi connectivity index (χ4n) is 5.72. The Morgan fingerprint density at radius 3 is 1.72 bits per heavy atom. The van der Waals surface area contributed by atoms with Crippen LogP contribution in [0.15, 0.2) is 36.4 Å². The number of hydrogen-bond donors (Lipinski definition) is 4. The van der Waals surface area contributed by atoms with Gasteiger partial charge in [-0.3, -0.25) is 9.59 Å². The highest BCUT2D eigenvalue weighted by Crippen LogP contribution is 2.35. The summed E-state index contributed by atoms with van der Waals surface area (Å²) >= 11 is 0. The average Bonchev–Trinajstić information content (AvgIpc) is 3.48. The number of fused-ring (bicyclic) bond motifs is 2. The Kier molecular flexibility index (Phi) is 12.1. The van der Waals surface area contributed by atoms with Crippen LogP contribution in [0.5, 0.6) is 0 Å². The zero-order valence-corrected chi connectivity index (χ0v) is 27.4. The smallest absolute Gasteiger partial charge is 0.423 e. The molecule has 0 radical (unpaired) electrons. The lowest BCUT2D eigenvalue weighted by molar-refractivity contribution is -0.128. The van der Waals surface area contributed by atoms with Crippen molar-refractivity contribution in [2.45, 2.75) is 88.4 Å². The van der Waals surface area contributed by atoms with Crippen LogP contribution in [0, 0.1) is 35.0 Å². The summed E-state index contributed by atoms with van der Waals surface area (Å²) in [6, 6.07) is 11.1. The first-order valence-electron chi connectivity index (χ1n) is 15.6. The van der Waals surface area contributed by atoms with E-state index in [1.165, 1.54) is 0 Å². The van der Waals surface area contributed by atoms with Gasteiger partial charge in [0, 0.05) is 22.7 Å². The van der Waals surface area contributed by atoms with Crippen LogP contribution in [0.4, 0.5) is 11.4 Å². The molecule has 2 unspecified atom stereocenters. The zero-order valence-electron chi connectivity index (χ0n) is 27.4. The number of rotatable bonds is 10. The predicted octanol–water partition coefficient (Wildman–Crippen LogP) is 4.71. The number of hydrogen-bond acceptors (Lipinski definition) is 6. The van der Waals surface area contributed by atoms with Crippen molar-refractivity contribution in [3.8, 4) is 0 Å². The molecule has 2 aliphatic heterocycles. The van der Waals surface area contributed by atoms with Gasteiger partial charge in [-0.25, -0.2) is 0 Å². The molecular weight excluding hydrogens is 542 g/mol. The fraction of sp³-hybridized carbons (Fsp3) is 0.576. The number of nitrogens with one attached hydrogen (secondary N) is 2. The Morgan fingerprint density at radius 2 is 1.30 bits per heavy atom. The maximum atomic E-state index is 12.8. The van der Waals surface area contributed by atoms with Crippen LogP contribution in [-0.2, 0) is 32.1 Å². The molecule has 0 saturated carbocycles. The third kappa shape index (κ3) is 8.94. The molecule has 4 N–H and O–H groups in total. The molecule has 2 aliphatic rings. The highest BCUT2D eigenvalue weighted by atomic mass is 16.5. The summed E-state index contributed by atoms with van der Waals surface area (Å²) < 4.78 is 10.3. The van der Waals surface area contributed by atoms with Gasteiger partial charge < -0.3 is 30.0 Å². The van der Waals surface area contributed by atoms with Crippen LogP contribution in [-0.4, -0.2) is 36.1 Å². The number of anilines is 2. The van der Waals surface area contributed by atoms with Crippen molar-refractivity contribution in [3.63, 3.8) is 0 Å². The molecule has 2 aromatic carbocycles. The molecule has 2 atom stereocenters. The van der Waals surface area contributed by atoms with E-state index in [4.69, 9.17) is 9.31 Å². The van der Waals surface area contributed by atoms with Gasteiger partial charge in [0.1, 0.15) is 0 Å². The topological polar surface area (TPSA) is 117 Å². The lowest BCUT2D eigenvalue weighted by atomic mass is 9.72. The van der Waals surface area contributed by atoms with Gasteiger partial charge in [-0.15, -0.1) is 0 Å². The number of carbonyl (C=O) groups excluding carboxylic acids is 2. The molecule has 0 aliphatic carbocycles. The summed E-state index contributed by atoms with van der Waals surface area (Å²) in [4.78, 5) is 25.3. The monoisotopic (exact) mass is 592 g/mol. The second-order valence-electron chi connectivity index (χ2n) is 13.7. The van der Waals surface area contributed by atoms with Gasteiger partial charge in [0.05, 0.1) is 13.2 Å². The SMILES string of the molecule is CC(C)CC(C(=O)Nc1ccc2c(c1)B(O)OC2)C(C)C.CC(C)CC(C)(C(=O)Nc1ccc2c(c1)B(O)OC2)C(C)C. The maximum Gasteiger partial charge on any atom is 0.491 e. The first-order valence-corrected chi connectivity index (χ1v) is 15.6. The summed E-state index contributed by atoms with van der Waals surface area (Å²) in [6.45, 7) is 19.7. The summed E-state index contributed by atoms with van der Waals surface area (Å²) in [5.74, 6) is 1.57. The maximum absolute atomic E-state index is 12.8. The van der Waals surface area contributed by atoms with Crippen molar-refractivity contribution in [2.24, 2.45) is 35.0 Å². The van der Waals surface area contributed by atoms with Crippen LogP contribution in [0.2, 0.25) is 0 Å². The van der Waals surface area contributed by atoms with Gasteiger partial charge in [0.25, 0.3) is 0 Å². The van der Waals surface area contributed by atoms with Gasteiger partial charge in [-0.05, 0) is 82.8 Å². The first-order chi connectivity index (χ1) is 20.1. The number of carbonyl (C=O) groups is 2. The summed E-state index contributed by atoms with van der Waals surface area (Å²) in [7, 11) is -1.77. The van der Waals surface area contributed by atoms with Gasteiger partial charge >= 0.3 is 14.2 Å². The highest BCUT2D eigenvalue weighted by Gasteiger charge is 2.37. The highest BCUT2D eigenvalue weighted by molar-refractivity contribution is 6.62. The minimum atomic E-state index is -0.890. The van der Waals surface area contributed by atoms with E-state index in [0.717, 1.165) is 40.6 Å². The Labute approximate surface area is 258 Å². The van der Waals surface area contributed by atoms with E-state index in [9.17, 15) is 19.6 Å². The van der Waals surface area contributed by atoms with Crippen molar-refractivity contribution < 1.29 is 28.9 Å². The molecule has 2 heterocycles. The molecule has 4 rings (SSSR count). The van der Waals surface area contributed by atoms with E-state index in [2.05, 4.69) is 66.0 Å². The molecule has 8 nitrogen and oxygen atoms in total. The van der Waals surface area contributed by atoms with E-state index in [1.807, 2.05) is 31.2 Å². The van der Waals surface area contributed by atoms with E-state index < -0.39 is 19.7 Å². The van der Waals surface area contributed by atoms with Crippen molar-refractivity contribution in [1.82, 2.24) is 0 Å². The molecule has 0 bridgehead atoms. The Hall–Kier alpha value is -2.65. The molecular formula is C33H50B2N2O6. The van der Waals surface area contributed by atoms with E-state index in [0.29, 0.717) is 36.7 Å². The van der Waals surface area contributed by atoms with Gasteiger partial charge in [0.15, 0.2) is 0 Å². The predicted molar refractivity (Wildman–Crippen MR) is 175 cm³/mol. The molecule has 234 valence electrons. The minimum Gasteiger partial charge on any atom is -0.423 e. The van der Waals surface area contributed by atoms with Crippen LogP contribution in [0.25, 0.3) is 0 Å². The van der Waals surface area contributed by atoms with E-state index in [-0.39, 0.29) is 23.7 Å². The van der Waals surface area contributed by atoms with Crippen LogP contribution in [0.1, 0.15) is 86.3 Å². The lowest BCUT2D eigenvalue weighted by Gasteiger charge is -2.34. The summed E-state index contributed by atoms with van der Waals surface area (Å²) in [5, 5.41) is 25.5. The van der Waals surface area contributed by atoms with E-state index >= 15 is 0 Å². The van der Waals surface area contributed by atoms with Crippen molar-refractivity contribution in [3.05, 3.63) is 47.5 Å². The Bertz CT molecular complexity index is 1270. The average molecular weight is 592 g/mol. The second-order valence-corrected chi connectivity index (χ2v) is 13.7. The zero-order chi connectivity index (χ0) is 32.1. The third-order valence-corrected chi connectivity index (χ3v) is 8.63. The molecule has 0 spiro atoms. The standard InChI is InChI=1S/C17H26BNO3.C16H24BNO3/c1-11(2)9-17(5,12(3)4)16(20)19-14-7-6-13-10-22-18(21)15(13)8-14;1-10(2)7-14(11(3)4)16(19)18-13-6-5-12-9-21-17(20)15(12)8-13/h6-8,11-12,21H,9-10H2,1-5H3,(H,19,20);5-6,8,10-11,14,20H,7,9H2,1-4H3,(H,18,19). The summed E-state index contributed by atoms with van der Waals surface area (Å²) in [6.07, 6.45) is 1.72. The Morgan fingerprint density at radius 1 is 0.814 bits per heavy atom. The first kappa shape index (κ1) is 34.8. The summed E-state index contributed by atoms with van der Waals surface area (Å²) in [5.41, 5.74) is 4.46. The van der Waals surface area contributed by atoms with Crippen molar-refractivity contribution in [2.75, 3.05) is 10.6 Å². The quantitative estimate of drug-likeness (QED) is 0.297. The van der Waals surface area contributed by atoms with Crippen LogP contribution in [0.3, 0.4) is 0 Å². The molecule has 2 aromatic rings. The largest absolute Gasteiger partial charge is 0.491 e. The van der Waals surface area contributed by atoms with Gasteiger partial charge in [-0.1, -0.05) is 74.4 Å². The molecule has 0 fully saturated rings. The van der Waals surface area contributed by atoms with Crippen LogP contribution < -0.4 is 21.6 Å². The van der Waals surface area contributed by atoms with Crippen molar-refractivity contribution in [1.29, 1.82) is 0 Å². The van der Waals surface area contributed by atoms with Gasteiger partial charge in [-0.2, -0.15) is 0 Å². The van der Waals surface area contributed by atoms with E-state index in [1.54, 1.807) is 12.1 Å². The number of amides is 2. The molecule has 2 amide bonds. The van der Waals surface area contributed by atoms with Crippen molar-refractivity contribution >= 4 is 48.4 Å². The minimum absolute atomic E-state index is 0.000530. The third-order valence-electron chi connectivity index (χ3n) is 8.63. The normalized spacial score (nSPS) is 16.2. The fourth-order valence-corrected chi connectivity index (χ4v) is 5.72. The molecule has 10 heteroatoms. The lowest BCUT2D eigenvalue weighted by Crippen LogP contribution is -2.39. The molecule has 0 saturated heterocycles. The molecule has 43 heavy (non-hydrogen) atoms.